The number of aliphatic hydroxyl groups is 1. The van der Waals surface area contributed by atoms with Crippen molar-refractivity contribution in [2.45, 2.75) is 18.9 Å². The zero-order valence-electron chi connectivity index (χ0n) is 9.99. The van der Waals surface area contributed by atoms with Gasteiger partial charge < -0.3 is 14.6 Å². The molecular weight excluding hydrogens is 235 g/mol. The van der Waals surface area contributed by atoms with E-state index in [1.165, 1.54) is 6.07 Å². The summed E-state index contributed by atoms with van der Waals surface area (Å²) >= 11 is 0. The first-order chi connectivity index (χ1) is 8.79. The molecule has 1 saturated heterocycles. The number of aliphatic hydroxyl groups excluding tert-OH is 1. The third-order valence-corrected chi connectivity index (χ3v) is 2.71. The first-order valence-electron chi connectivity index (χ1n) is 5.93. The van der Waals surface area contributed by atoms with Gasteiger partial charge >= 0.3 is 0 Å². The molecule has 0 spiro atoms. The summed E-state index contributed by atoms with van der Waals surface area (Å²) in [6.45, 7) is 1.10. The van der Waals surface area contributed by atoms with Gasteiger partial charge in [0.1, 0.15) is 24.3 Å². The summed E-state index contributed by atoms with van der Waals surface area (Å²) in [5.74, 6) is 5.04. The summed E-state index contributed by atoms with van der Waals surface area (Å²) in [6, 6.07) is 4.59. The van der Waals surface area contributed by atoms with Crippen LogP contribution in [0.1, 0.15) is 18.4 Å². The van der Waals surface area contributed by atoms with Crippen LogP contribution in [0.3, 0.4) is 0 Å². The number of benzene rings is 1. The van der Waals surface area contributed by atoms with Crippen LogP contribution in [0.25, 0.3) is 0 Å². The van der Waals surface area contributed by atoms with Crippen molar-refractivity contribution in [1.29, 1.82) is 0 Å². The van der Waals surface area contributed by atoms with Crippen LogP contribution < -0.4 is 4.74 Å². The Morgan fingerprint density at radius 3 is 2.83 bits per heavy atom. The average Bonchev–Trinajstić information content (AvgIpc) is 2.39. The molecule has 0 aliphatic carbocycles. The molecule has 0 bridgehead atoms. The van der Waals surface area contributed by atoms with Gasteiger partial charge in [0.05, 0.1) is 18.8 Å². The molecule has 1 N–H and O–H groups in total. The second-order valence-electron chi connectivity index (χ2n) is 4.03. The molecule has 0 radical (unpaired) electrons. The molecule has 2 rings (SSSR count). The van der Waals surface area contributed by atoms with Crippen LogP contribution in [-0.4, -0.2) is 31.0 Å². The van der Waals surface area contributed by atoms with Gasteiger partial charge in [-0.25, -0.2) is 4.39 Å². The Kier molecular flexibility index (Phi) is 4.57. The van der Waals surface area contributed by atoms with E-state index in [1.54, 1.807) is 12.1 Å². The van der Waals surface area contributed by atoms with Gasteiger partial charge in [0, 0.05) is 18.9 Å². The molecule has 0 amide bonds. The van der Waals surface area contributed by atoms with Crippen molar-refractivity contribution in [2.24, 2.45) is 0 Å². The highest BCUT2D eigenvalue weighted by Gasteiger charge is 2.15. The Labute approximate surface area is 106 Å². The summed E-state index contributed by atoms with van der Waals surface area (Å²) < 4.78 is 24.5. The highest BCUT2D eigenvalue weighted by molar-refractivity contribution is 5.39. The summed E-state index contributed by atoms with van der Waals surface area (Å²) in [5.41, 5.74) is 0.267. The van der Waals surface area contributed by atoms with E-state index >= 15 is 0 Å². The minimum Gasteiger partial charge on any atom is -0.490 e. The van der Waals surface area contributed by atoms with Crippen LogP contribution in [0.5, 0.6) is 5.75 Å². The van der Waals surface area contributed by atoms with E-state index in [4.69, 9.17) is 14.6 Å². The molecule has 1 aliphatic heterocycles. The topological polar surface area (TPSA) is 38.7 Å². The summed E-state index contributed by atoms with van der Waals surface area (Å²) in [4.78, 5) is 0. The van der Waals surface area contributed by atoms with E-state index in [1.807, 2.05) is 0 Å². The predicted molar refractivity (Wildman–Crippen MR) is 64.8 cm³/mol. The molecule has 4 heteroatoms. The largest absolute Gasteiger partial charge is 0.490 e. The Balaban J connectivity index is 2.03. The van der Waals surface area contributed by atoms with Gasteiger partial charge in [-0.05, 0) is 12.1 Å². The van der Waals surface area contributed by atoms with E-state index < -0.39 is 5.82 Å². The van der Waals surface area contributed by atoms with Gasteiger partial charge in [-0.1, -0.05) is 11.8 Å². The minimum absolute atomic E-state index is 0.0903. The molecule has 0 atom stereocenters. The van der Waals surface area contributed by atoms with Crippen LogP contribution in [-0.2, 0) is 4.74 Å². The molecule has 1 aromatic rings. The van der Waals surface area contributed by atoms with Crippen molar-refractivity contribution >= 4 is 0 Å². The van der Waals surface area contributed by atoms with Crippen LogP contribution >= 0.6 is 0 Å². The number of halogens is 1. The Morgan fingerprint density at radius 2 is 2.17 bits per heavy atom. The molecule has 96 valence electrons. The SMILES string of the molecule is OCC#Cc1ccc(OC2CCOCC2)cc1F. The monoisotopic (exact) mass is 250 g/mol. The Morgan fingerprint density at radius 1 is 1.39 bits per heavy atom. The zero-order valence-corrected chi connectivity index (χ0v) is 9.99. The van der Waals surface area contributed by atoms with Crippen LogP contribution in [0.15, 0.2) is 18.2 Å². The zero-order chi connectivity index (χ0) is 12.8. The smallest absolute Gasteiger partial charge is 0.142 e. The van der Waals surface area contributed by atoms with Crippen molar-refractivity contribution in [3.63, 3.8) is 0 Å². The summed E-state index contributed by atoms with van der Waals surface area (Å²) in [6.07, 6.45) is 1.74. The van der Waals surface area contributed by atoms with Crippen molar-refractivity contribution in [3.8, 4) is 17.6 Å². The highest BCUT2D eigenvalue weighted by atomic mass is 19.1. The molecule has 1 aromatic carbocycles. The maximum absolute atomic E-state index is 13.6. The highest BCUT2D eigenvalue weighted by Crippen LogP contribution is 2.20. The quantitative estimate of drug-likeness (QED) is 0.812. The van der Waals surface area contributed by atoms with Gasteiger partial charge in [0.15, 0.2) is 0 Å². The lowest BCUT2D eigenvalue weighted by molar-refractivity contribution is 0.0254. The average molecular weight is 250 g/mol. The first-order valence-corrected chi connectivity index (χ1v) is 5.93. The molecular formula is C14H15FO3. The fourth-order valence-electron chi connectivity index (χ4n) is 1.79. The van der Waals surface area contributed by atoms with E-state index in [9.17, 15) is 4.39 Å². The lowest BCUT2D eigenvalue weighted by Crippen LogP contribution is -2.25. The lowest BCUT2D eigenvalue weighted by Gasteiger charge is -2.23. The predicted octanol–water partition coefficient (Wildman–Crippen LogP) is 1.73. The number of hydrogen-bond acceptors (Lipinski definition) is 3. The van der Waals surface area contributed by atoms with Crippen molar-refractivity contribution in [3.05, 3.63) is 29.6 Å². The summed E-state index contributed by atoms with van der Waals surface area (Å²) in [5, 5.41) is 8.56. The third kappa shape index (κ3) is 3.46. The fourth-order valence-corrected chi connectivity index (χ4v) is 1.79. The summed E-state index contributed by atoms with van der Waals surface area (Å²) in [7, 11) is 0. The molecule has 1 aliphatic rings. The molecule has 1 heterocycles. The molecule has 0 aromatic heterocycles. The van der Waals surface area contributed by atoms with Crippen molar-refractivity contribution in [1.82, 2.24) is 0 Å². The van der Waals surface area contributed by atoms with E-state index in [2.05, 4.69) is 11.8 Å². The van der Waals surface area contributed by atoms with Gasteiger partial charge in [-0.3, -0.25) is 0 Å². The first kappa shape index (κ1) is 12.9. The molecule has 0 unspecified atom stereocenters. The van der Waals surface area contributed by atoms with Crippen LogP contribution in [0.2, 0.25) is 0 Å². The molecule has 3 nitrogen and oxygen atoms in total. The van der Waals surface area contributed by atoms with Gasteiger partial charge in [0.2, 0.25) is 0 Å². The normalized spacial score (nSPS) is 15.9. The fraction of sp³-hybridized carbons (Fsp3) is 0.429. The third-order valence-electron chi connectivity index (χ3n) is 2.71. The maximum Gasteiger partial charge on any atom is 0.142 e. The van der Waals surface area contributed by atoms with Crippen LogP contribution in [0.4, 0.5) is 4.39 Å². The van der Waals surface area contributed by atoms with E-state index in [0.717, 1.165) is 12.8 Å². The molecule has 18 heavy (non-hydrogen) atoms. The van der Waals surface area contributed by atoms with Crippen LogP contribution in [0, 0.1) is 17.7 Å². The van der Waals surface area contributed by atoms with E-state index in [-0.39, 0.29) is 18.3 Å². The second kappa shape index (κ2) is 6.39. The number of rotatable bonds is 2. The number of ether oxygens (including phenoxy) is 2. The van der Waals surface area contributed by atoms with E-state index in [0.29, 0.717) is 19.0 Å². The maximum atomic E-state index is 13.6. The lowest BCUT2D eigenvalue weighted by atomic mass is 10.1. The Hall–Kier alpha value is -1.57. The number of hydrogen-bond donors (Lipinski definition) is 1. The van der Waals surface area contributed by atoms with Gasteiger partial charge in [-0.15, -0.1) is 0 Å². The van der Waals surface area contributed by atoms with Crippen molar-refractivity contribution in [2.75, 3.05) is 19.8 Å². The molecule has 0 saturated carbocycles. The standard InChI is InChI=1S/C14H15FO3/c15-14-10-13(4-3-11(14)2-1-7-16)18-12-5-8-17-9-6-12/h3-4,10,12,16H,5-9H2. The van der Waals surface area contributed by atoms with Gasteiger partial charge in [-0.2, -0.15) is 0 Å². The van der Waals surface area contributed by atoms with Gasteiger partial charge in [0.25, 0.3) is 0 Å². The Bertz CT molecular complexity index is 456. The van der Waals surface area contributed by atoms with Crippen molar-refractivity contribution < 1.29 is 19.0 Å². The minimum atomic E-state index is -0.430. The molecule has 1 fully saturated rings. The second-order valence-corrected chi connectivity index (χ2v) is 4.03.